The van der Waals surface area contributed by atoms with Crippen LogP contribution in [-0.4, -0.2) is 79.3 Å². The lowest BCUT2D eigenvalue weighted by atomic mass is 10.2. The lowest BCUT2D eigenvalue weighted by Crippen LogP contribution is -2.48. The highest BCUT2D eigenvalue weighted by atomic mass is 35.5. The Morgan fingerprint density at radius 1 is 1.37 bits per heavy atom. The number of fused-ring (bicyclic) bond motifs is 1. The molecule has 0 bridgehead atoms. The number of nitrogen functional groups attached to an aromatic ring is 1. The van der Waals surface area contributed by atoms with E-state index < -0.39 is 52.9 Å². The van der Waals surface area contributed by atoms with E-state index in [0.29, 0.717) is 6.26 Å². The summed E-state index contributed by atoms with van der Waals surface area (Å²) in [4.78, 5) is 26.7. The molecule has 0 aromatic carbocycles. The predicted molar refractivity (Wildman–Crippen MR) is 93.0 cm³/mol. The summed E-state index contributed by atoms with van der Waals surface area (Å²) in [7, 11) is -4.58. The second-order valence-electron chi connectivity index (χ2n) is 6.45. The van der Waals surface area contributed by atoms with Crippen LogP contribution in [0.2, 0.25) is 5.28 Å². The third-order valence-corrected chi connectivity index (χ3v) is 5.57. The maximum atomic E-state index is 12.5. The molecule has 1 fully saturated rings. The first-order valence-corrected chi connectivity index (χ1v) is 10.2. The van der Waals surface area contributed by atoms with E-state index in [1.165, 1.54) is 4.57 Å². The topological polar surface area (TPSA) is 174 Å². The van der Waals surface area contributed by atoms with Gasteiger partial charge in [0.15, 0.2) is 11.5 Å². The molecule has 0 amide bonds. The second-order valence-corrected chi connectivity index (χ2v) is 8.61. The van der Waals surface area contributed by atoms with Gasteiger partial charge in [0.05, 0.1) is 24.7 Å². The fraction of sp³-hybridized carbons (Fsp3) is 0.538. The SMILES string of the molecule is CS(=O)(=O)N(OC(=O)C(F)(F)F)C1CC(n2cnc3c(N)nc(Cl)nc32)C(O)C1O. The molecule has 166 valence electrons. The number of hydrogen-bond donors (Lipinski definition) is 3. The summed E-state index contributed by atoms with van der Waals surface area (Å²) >= 11 is 5.76. The van der Waals surface area contributed by atoms with Gasteiger partial charge in [-0.2, -0.15) is 23.1 Å². The Labute approximate surface area is 171 Å². The highest BCUT2D eigenvalue weighted by Crippen LogP contribution is 2.37. The van der Waals surface area contributed by atoms with Gasteiger partial charge in [-0.15, -0.1) is 0 Å². The Morgan fingerprint density at radius 2 is 2.00 bits per heavy atom. The van der Waals surface area contributed by atoms with Gasteiger partial charge in [-0.25, -0.2) is 18.2 Å². The Kier molecular flexibility index (Phi) is 5.57. The molecule has 2 heterocycles. The number of hydrogen-bond acceptors (Lipinski definition) is 10. The summed E-state index contributed by atoms with van der Waals surface area (Å²) < 4.78 is 62.5. The monoisotopic (exact) mass is 474 g/mol. The number of hydroxylamine groups is 1. The fourth-order valence-corrected chi connectivity index (χ4v) is 4.22. The van der Waals surface area contributed by atoms with E-state index in [0.717, 1.165) is 6.33 Å². The number of anilines is 1. The minimum Gasteiger partial charge on any atom is -0.389 e. The van der Waals surface area contributed by atoms with Crippen LogP contribution in [0.5, 0.6) is 0 Å². The van der Waals surface area contributed by atoms with Crippen LogP contribution in [0.15, 0.2) is 6.33 Å². The van der Waals surface area contributed by atoms with E-state index in [4.69, 9.17) is 17.3 Å². The first-order valence-electron chi connectivity index (χ1n) is 8.02. The summed E-state index contributed by atoms with van der Waals surface area (Å²) in [6, 6.07) is -2.87. The van der Waals surface area contributed by atoms with Crippen molar-refractivity contribution in [1.82, 2.24) is 24.0 Å². The Balaban J connectivity index is 1.98. The molecule has 2 aromatic heterocycles. The molecule has 0 saturated heterocycles. The van der Waals surface area contributed by atoms with E-state index in [2.05, 4.69) is 19.8 Å². The molecule has 4 N–H and O–H groups in total. The number of alkyl halides is 3. The minimum atomic E-state index is -5.49. The van der Waals surface area contributed by atoms with Gasteiger partial charge in [-0.1, -0.05) is 0 Å². The van der Waals surface area contributed by atoms with E-state index in [1.807, 2.05) is 0 Å². The summed E-state index contributed by atoms with van der Waals surface area (Å²) in [6.07, 6.45) is -7.94. The molecule has 4 atom stereocenters. The lowest BCUT2D eigenvalue weighted by molar-refractivity contribution is -0.230. The summed E-state index contributed by atoms with van der Waals surface area (Å²) in [5.74, 6) is -2.90. The zero-order chi connectivity index (χ0) is 22.6. The molecular formula is C13H14ClF3N6O6S. The van der Waals surface area contributed by atoms with Crippen molar-refractivity contribution in [1.29, 1.82) is 0 Å². The Hall–Kier alpha value is -2.27. The number of nitrogens with zero attached hydrogens (tertiary/aromatic N) is 5. The van der Waals surface area contributed by atoms with Crippen LogP contribution in [0.25, 0.3) is 11.2 Å². The molecule has 12 nitrogen and oxygen atoms in total. The third kappa shape index (κ3) is 4.00. The molecule has 1 aliphatic rings. The van der Waals surface area contributed by atoms with Crippen molar-refractivity contribution >= 4 is 44.6 Å². The van der Waals surface area contributed by atoms with Crippen molar-refractivity contribution < 1.29 is 41.4 Å². The number of rotatable bonds is 4. The lowest BCUT2D eigenvalue weighted by Gasteiger charge is -2.27. The van der Waals surface area contributed by atoms with Gasteiger partial charge >= 0.3 is 12.1 Å². The minimum absolute atomic E-state index is 0.0302. The molecule has 1 saturated carbocycles. The van der Waals surface area contributed by atoms with Gasteiger partial charge in [-0.05, 0) is 22.5 Å². The number of carbonyl (C=O) groups excluding carboxylic acids is 1. The van der Waals surface area contributed by atoms with E-state index in [1.54, 1.807) is 0 Å². The van der Waals surface area contributed by atoms with Crippen LogP contribution in [0.4, 0.5) is 19.0 Å². The van der Waals surface area contributed by atoms with Crippen molar-refractivity contribution in [2.75, 3.05) is 12.0 Å². The Morgan fingerprint density at radius 3 is 2.57 bits per heavy atom. The average Bonchev–Trinajstić information content (AvgIpc) is 3.13. The maximum Gasteiger partial charge on any atom is 0.492 e. The van der Waals surface area contributed by atoms with Crippen molar-refractivity contribution in [3.63, 3.8) is 0 Å². The molecule has 4 unspecified atom stereocenters. The highest BCUT2D eigenvalue weighted by molar-refractivity contribution is 7.88. The number of aromatic nitrogens is 4. The number of nitrogens with two attached hydrogens (primary N) is 1. The number of sulfonamides is 1. The third-order valence-electron chi connectivity index (χ3n) is 4.40. The number of imidazole rings is 1. The summed E-state index contributed by atoms with van der Waals surface area (Å²) in [6.45, 7) is 0. The van der Waals surface area contributed by atoms with E-state index >= 15 is 0 Å². The van der Waals surface area contributed by atoms with Crippen LogP contribution in [-0.2, 0) is 19.7 Å². The van der Waals surface area contributed by atoms with Crippen molar-refractivity contribution in [2.45, 2.75) is 36.9 Å². The average molecular weight is 475 g/mol. The largest absolute Gasteiger partial charge is 0.492 e. The second kappa shape index (κ2) is 7.45. The molecule has 0 aliphatic heterocycles. The van der Waals surface area contributed by atoms with Gasteiger partial charge in [0.1, 0.15) is 17.7 Å². The number of halogens is 4. The zero-order valence-corrected chi connectivity index (χ0v) is 16.4. The summed E-state index contributed by atoms with van der Waals surface area (Å²) in [5, 5.41) is 20.5. The fourth-order valence-electron chi connectivity index (χ4n) is 3.14. The molecule has 0 radical (unpaired) electrons. The van der Waals surface area contributed by atoms with Crippen LogP contribution in [0.1, 0.15) is 12.5 Å². The molecule has 2 aromatic rings. The van der Waals surface area contributed by atoms with Gasteiger partial charge in [0.25, 0.3) is 0 Å². The molecule has 3 rings (SSSR count). The van der Waals surface area contributed by atoms with Gasteiger partial charge in [-0.3, -0.25) is 0 Å². The van der Waals surface area contributed by atoms with Crippen LogP contribution in [0.3, 0.4) is 0 Å². The van der Waals surface area contributed by atoms with Gasteiger partial charge in [0.2, 0.25) is 15.3 Å². The normalized spacial score (nSPS) is 25.2. The number of aliphatic hydroxyl groups is 2. The number of aliphatic hydroxyl groups excluding tert-OH is 2. The van der Waals surface area contributed by atoms with Crippen molar-refractivity contribution in [2.24, 2.45) is 0 Å². The first-order chi connectivity index (χ1) is 13.7. The van der Waals surface area contributed by atoms with Gasteiger partial charge in [0, 0.05) is 0 Å². The van der Waals surface area contributed by atoms with Crippen molar-refractivity contribution in [3.8, 4) is 0 Å². The maximum absolute atomic E-state index is 12.5. The van der Waals surface area contributed by atoms with Crippen LogP contribution < -0.4 is 5.73 Å². The van der Waals surface area contributed by atoms with E-state index in [-0.39, 0.29) is 26.7 Å². The molecular weight excluding hydrogens is 461 g/mol. The van der Waals surface area contributed by atoms with Crippen LogP contribution in [0, 0.1) is 0 Å². The molecule has 17 heteroatoms. The van der Waals surface area contributed by atoms with E-state index in [9.17, 15) is 36.6 Å². The molecule has 0 spiro atoms. The Bertz CT molecular complexity index is 1090. The smallest absolute Gasteiger partial charge is 0.389 e. The predicted octanol–water partition coefficient (Wildman–Crippen LogP) is -0.621. The molecule has 1 aliphatic carbocycles. The quantitative estimate of drug-likeness (QED) is 0.382. The number of carbonyl (C=O) groups is 1. The first kappa shape index (κ1) is 22.4. The zero-order valence-electron chi connectivity index (χ0n) is 14.9. The standard InChI is InChI=1S/C13H14ClF3N6O6S/c1-30(27,28)23(29-11(26)13(15,16)17)5-2-4(7(24)8(5)25)22-3-19-6-9(18)20-12(14)21-10(6)22/h3-5,7-8,24-25H,2H2,1H3,(H2,18,20,21). The van der Waals surface area contributed by atoms with Crippen LogP contribution >= 0.6 is 11.6 Å². The van der Waals surface area contributed by atoms with Crippen molar-refractivity contribution in [3.05, 3.63) is 11.6 Å². The molecule has 30 heavy (non-hydrogen) atoms. The summed E-state index contributed by atoms with van der Waals surface area (Å²) in [5.41, 5.74) is 5.81. The van der Waals surface area contributed by atoms with Gasteiger partial charge < -0.3 is 25.4 Å². The highest BCUT2D eigenvalue weighted by Gasteiger charge is 2.52.